The van der Waals surface area contributed by atoms with Gasteiger partial charge in [0.05, 0.1) is 11.9 Å². The highest BCUT2D eigenvalue weighted by Gasteiger charge is 2.06. The monoisotopic (exact) mass is 313 g/mol. The second-order valence-electron chi connectivity index (χ2n) is 3.67. The molecule has 0 aliphatic carbocycles. The third kappa shape index (κ3) is 2.76. The van der Waals surface area contributed by atoms with Gasteiger partial charge in [0.2, 0.25) is 0 Å². The summed E-state index contributed by atoms with van der Waals surface area (Å²) in [6.07, 6.45) is 1.64. The van der Waals surface area contributed by atoms with Gasteiger partial charge in [-0.05, 0) is 35.0 Å². The van der Waals surface area contributed by atoms with Crippen LogP contribution in [0.2, 0.25) is 0 Å². The fourth-order valence-electron chi connectivity index (χ4n) is 1.40. The van der Waals surface area contributed by atoms with Gasteiger partial charge in [-0.2, -0.15) is 5.10 Å². The number of nitrogens with one attached hydrogen (secondary N) is 1. The van der Waals surface area contributed by atoms with Crippen molar-refractivity contribution in [2.24, 2.45) is 7.05 Å². The predicted octanol–water partition coefficient (Wildman–Crippen LogP) is 2.52. The number of hydrogen-bond acceptors (Lipinski definition) is 4. The van der Waals surface area contributed by atoms with Crippen molar-refractivity contribution in [1.82, 2.24) is 9.78 Å². The van der Waals surface area contributed by atoms with E-state index in [1.165, 1.54) is 14.4 Å². The van der Waals surface area contributed by atoms with E-state index in [0.717, 1.165) is 5.69 Å². The van der Waals surface area contributed by atoms with Crippen LogP contribution in [0.25, 0.3) is 0 Å². The maximum absolute atomic E-state index is 11.6. The molecule has 0 aliphatic heterocycles. The summed E-state index contributed by atoms with van der Waals surface area (Å²) in [6.45, 7) is 2.77. The third-order valence-corrected chi connectivity index (χ3v) is 4.09. The van der Waals surface area contributed by atoms with E-state index >= 15 is 0 Å². The molecular weight excluding hydrogens is 302 g/mol. The Bertz CT molecular complexity index is 591. The highest BCUT2D eigenvalue weighted by Crippen LogP contribution is 2.20. The van der Waals surface area contributed by atoms with E-state index in [2.05, 4.69) is 45.4 Å². The Morgan fingerprint density at radius 3 is 2.94 bits per heavy atom. The number of halogens is 1. The number of aromatic nitrogens is 2. The van der Waals surface area contributed by atoms with Crippen molar-refractivity contribution in [1.29, 1.82) is 0 Å². The van der Waals surface area contributed by atoms with Gasteiger partial charge in [-0.1, -0.05) is 0 Å². The van der Waals surface area contributed by atoms with Gasteiger partial charge in [0.25, 0.3) is 5.56 Å². The molecule has 0 atom stereocenters. The van der Waals surface area contributed by atoms with Gasteiger partial charge in [-0.15, -0.1) is 11.3 Å². The second-order valence-corrected chi connectivity index (χ2v) is 5.83. The van der Waals surface area contributed by atoms with E-state index in [-0.39, 0.29) is 5.56 Å². The van der Waals surface area contributed by atoms with Crippen molar-refractivity contribution in [2.75, 3.05) is 5.32 Å². The largest absolute Gasteiger partial charge is 0.378 e. The average Bonchev–Trinajstić information content (AvgIpc) is 2.71. The van der Waals surface area contributed by atoms with Crippen molar-refractivity contribution in [3.8, 4) is 0 Å². The topological polar surface area (TPSA) is 46.9 Å². The fourth-order valence-corrected chi connectivity index (χ4v) is 2.73. The van der Waals surface area contributed by atoms with Gasteiger partial charge >= 0.3 is 0 Å². The summed E-state index contributed by atoms with van der Waals surface area (Å²) in [5, 5.41) is 7.17. The maximum atomic E-state index is 11.6. The summed E-state index contributed by atoms with van der Waals surface area (Å²) < 4.78 is 1.81. The average molecular weight is 314 g/mol. The third-order valence-electron chi connectivity index (χ3n) is 2.33. The number of aryl methyl sites for hydroxylation is 2. The highest BCUT2D eigenvalue weighted by molar-refractivity contribution is 9.10. The first-order valence-electron chi connectivity index (χ1n) is 5.09. The highest BCUT2D eigenvalue weighted by atomic mass is 79.9. The first kappa shape index (κ1) is 12.3. The molecule has 2 aromatic heterocycles. The van der Waals surface area contributed by atoms with Crippen molar-refractivity contribution in [2.45, 2.75) is 13.5 Å². The van der Waals surface area contributed by atoms with E-state index < -0.39 is 0 Å². The molecule has 0 fully saturated rings. The molecule has 1 N–H and O–H groups in total. The fraction of sp³-hybridized carbons (Fsp3) is 0.273. The minimum Gasteiger partial charge on any atom is -0.378 e. The van der Waals surface area contributed by atoms with Crippen LogP contribution in [0.15, 0.2) is 27.6 Å². The molecule has 90 valence electrons. The van der Waals surface area contributed by atoms with Crippen LogP contribution >= 0.6 is 27.3 Å². The summed E-state index contributed by atoms with van der Waals surface area (Å²) in [4.78, 5) is 14.1. The number of nitrogens with zero attached hydrogens (tertiary/aromatic N) is 2. The van der Waals surface area contributed by atoms with Crippen molar-refractivity contribution >= 4 is 33.0 Å². The van der Waals surface area contributed by atoms with Crippen LogP contribution in [0.3, 0.4) is 0 Å². The number of thiophene rings is 1. The lowest BCUT2D eigenvalue weighted by atomic mass is 10.4. The second kappa shape index (κ2) is 5.01. The SMILES string of the molecule is Cc1ccc(CNc2cnn(C)c(=O)c2Br)s1. The lowest BCUT2D eigenvalue weighted by Crippen LogP contribution is -2.21. The molecule has 0 aromatic carbocycles. The number of hydrogen-bond donors (Lipinski definition) is 1. The molecule has 0 aliphatic rings. The maximum Gasteiger partial charge on any atom is 0.282 e. The minimum atomic E-state index is -0.141. The number of rotatable bonds is 3. The Hall–Kier alpha value is -1.14. The molecule has 2 heterocycles. The Kier molecular flexibility index (Phi) is 3.63. The van der Waals surface area contributed by atoms with Crippen LogP contribution in [0.5, 0.6) is 0 Å². The van der Waals surface area contributed by atoms with Gasteiger partial charge in [0, 0.05) is 23.3 Å². The van der Waals surface area contributed by atoms with Gasteiger partial charge in [0.1, 0.15) is 4.47 Å². The standard InChI is InChI=1S/C11H12BrN3OS/c1-7-3-4-8(17-7)5-13-9-6-14-15(2)11(16)10(9)12/h3-4,6,13H,5H2,1-2H3. The molecular formula is C11H12BrN3OS. The summed E-state index contributed by atoms with van der Waals surface area (Å²) >= 11 is 5.02. The first-order chi connectivity index (χ1) is 8.08. The summed E-state index contributed by atoms with van der Waals surface area (Å²) in [6, 6.07) is 4.16. The van der Waals surface area contributed by atoms with E-state index in [1.807, 2.05) is 0 Å². The molecule has 2 rings (SSSR count). The molecule has 0 spiro atoms. The van der Waals surface area contributed by atoms with Gasteiger partial charge in [0.15, 0.2) is 0 Å². The van der Waals surface area contributed by atoms with Gasteiger partial charge in [-0.25, -0.2) is 4.68 Å². The van der Waals surface area contributed by atoms with Crippen LogP contribution in [0, 0.1) is 6.92 Å². The Morgan fingerprint density at radius 2 is 2.29 bits per heavy atom. The smallest absolute Gasteiger partial charge is 0.282 e. The molecule has 0 unspecified atom stereocenters. The summed E-state index contributed by atoms with van der Waals surface area (Å²) in [7, 11) is 1.62. The Morgan fingerprint density at radius 1 is 1.53 bits per heavy atom. The predicted molar refractivity (Wildman–Crippen MR) is 73.6 cm³/mol. The quantitative estimate of drug-likeness (QED) is 0.947. The molecule has 4 nitrogen and oxygen atoms in total. The molecule has 6 heteroatoms. The van der Waals surface area contributed by atoms with Crippen LogP contribution in [-0.4, -0.2) is 9.78 Å². The Balaban J connectivity index is 2.15. The van der Waals surface area contributed by atoms with E-state index in [9.17, 15) is 4.79 Å². The van der Waals surface area contributed by atoms with E-state index in [1.54, 1.807) is 24.6 Å². The van der Waals surface area contributed by atoms with Crippen LogP contribution in [0.1, 0.15) is 9.75 Å². The Labute approximate surface area is 111 Å². The van der Waals surface area contributed by atoms with Crippen LogP contribution in [-0.2, 0) is 13.6 Å². The zero-order valence-corrected chi connectivity index (χ0v) is 11.9. The van der Waals surface area contributed by atoms with Crippen molar-refractivity contribution < 1.29 is 0 Å². The summed E-state index contributed by atoms with van der Waals surface area (Å²) in [5.41, 5.74) is 0.580. The van der Waals surface area contributed by atoms with E-state index in [0.29, 0.717) is 11.0 Å². The first-order valence-corrected chi connectivity index (χ1v) is 6.70. The molecule has 0 radical (unpaired) electrons. The van der Waals surface area contributed by atoms with Crippen molar-refractivity contribution in [3.63, 3.8) is 0 Å². The minimum absolute atomic E-state index is 0.141. The molecule has 0 bridgehead atoms. The normalized spacial score (nSPS) is 10.5. The van der Waals surface area contributed by atoms with Gasteiger partial charge < -0.3 is 5.32 Å². The molecule has 2 aromatic rings. The zero-order chi connectivity index (χ0) is 12.4. The molecule has 0 amide bonds. The zero-order valence-electron chi connectivity index (χ0n) is 9.53. The lowest BCUT2D eigenvalue weighted by Gasteiger charge is -2.07. The van der Waals surface area contributed by atoms with E-state index in [4.69, 9.17) is 0 Å². The van der Waals surface area contributed by atoms with Crippen LogP contribution in [0.4, 0.5) is 5.69 Å². The number of anilines is 1. The summed E-state index contributed by atoms with van der Waals surface area (Å²) in [5.74, 6) is 0. The van der Waals surface area contributed by atoms with Gasteiger partial charge in [-0.3, -0.25) is 4.79 Å². The molecule has 0 saturated heterocycles. The molecule has 17 heavy (non-hydrogen) atoms. The molecule has 0 saturated carbocycles. The lowest BCUT2D eigenvalue weighted by molar-refractivity contribution is 0.703. The van der Waals surface area contributed by atoms with Crippen molar-refractivity contribution in [3.05, 3.63) is 42.9 Å². The van der Waals surface area contributed by atoms with Crippen LogP contribution < -0.4 is 10.9 Å².